The molecule has 0 unspecified atom stereocenters. The molecule has 5 nitrogen and oxygen atoms in total. The molecule has 0 bridgehead atoms. The van der Waals surface area contributed by atoms with E-state index in [4.69, 9.17) is 0 Å². The average Bonchev–Trinajstić information content (AvgIpc) is 3.34. The van der Waals surface area contributed by atoms with Crippen LogP contribution in [0.25, 0.3) is 20.4 Å². The molecule has 3 aromatic rings. The molecule has 0 aromatic carbocycles. The van der Waals surface area contributed by atoms with E-state index in [1.165, 1.54) is 43.4 Å². The molecule has 0 radical (unpaired) electrons. The topological polar surface area (TPSA) is 59.8 Å². The van der Waals surface area contributed by atoms with Crippen LogP contribution in [0.3, 0.4) is 0 Å². The summed E-state index contributed by atoms with van der Waals surface area (Å²) in [5.41, 5.74) is 1.98. The van der Waals surface area contributed by atoms with Gasteiger partial charge in [-0.05, 0) is 31.7 Å². The van der Waals surface area contributed by atoms with Crippen molar-refractivity contribution < 1.29 is 0 Å². The van der Waals surface area contributed by atoms with Crippen LogP contribution in [0, 0.1) is 0 Å². The second-order valence-electron chi connectivity index (χ2n) is 6.99. The van der Waals surface area contributed by atoms with E-state index >= 15 is 0 Å². The van der Waals surface area contributed by atoms with Gasteiger partial charge in [0.1, 0.15) is 9.53 Å². The van der Waals surface area contributed by atoms with Crippen molar-refractivity contribution in [3.05, 3.63) is 28.9 Å². The van der Waals surface area contributed by atoms with E-state index in [9.17, 15) is 4.79 Å². The number of thiophene rings is 1. The predicted octanol–water partition coefficient (Wildman–Crippen LogP) is 4.09. The van der Waals surface area contributed by atoms with Crippen LogP contribution in [0.15, 0.2) is 23.4 Å². The van der Waals surface area contributed by atoms with Gasteiger partial charge < -0.3 is 5.32 Å². The number of anilines is 1. The number of pyridine rings is 1. The molecule has 3 heterocycles. The minimum Gasteiger partial charge on any atom is -0.382 e. The Bertz CT molecular complexity index is 966. The van der Waals surface area contributed by atoms with Gasteiger partial charge in [-0.3, -0.25) is 9.36 Å². The highest BCUT2D eigenvalue weighted by Gasteiger charge is 2.24. The Hall–Kier alpha value is -1.95. The fourth-order valence-corrected chi connectivity index (χ4v) is 4.81. The molecule has 3 aromatic heterocycles. The summed E-state index contributed by atoms with van der Waals surface area (Å²) in [7, 11) is 0. The summed E-state index contributed by atoms with van der Waals surface area (Å²) < 4.78 is 2.61. The van der Waals surface area contributed by atoms with Crippen molar-refractivity contribution >= 4 is 37.5 Å². The first-order valence-corrected chi connectivity index (χ1v) is 9.68. The zero-order chi connectivity index (χ0) is 16.1. The Balaban J connectivity index is 1.68. The van der Waals surface area contributed by atoms with Crippen molar-refractivity contribution in [3.8, 4) is 0 Å². The molecular formula is C18H20N4OS. The third-order valence-electron chi connectivity index (χ3n) is 5.21. The average molecular weight is 340 g/mol. The molecule has 2 aliphatic carbocycles. The number of hydrogen-bond donors (Lipinski definition) is 1. The van der Waals surface area contributed by atoms with Crippen molar-refractivity contribution in [2.75, 3.05) is 5.32 Å². The zero-order valence-corrected chi connectivity index (χ0v) is 14.3. The van der Waals surface area contributed by atoms with E-state index in [0.717, 1.165) is 39.0 Å². The van der Waals surface area contributed by atoms with E-state index in [0.29, 0.717) is 12.1 Å². The minimum absolute atomic E-state index is 0.104. The van der Waals surface area contributed by atoms with Gasteiger partial charge >= 0.3 is 0 Å². The second-order valence-corrected chi connectivity index (χ2v) is 7.98. The molecule has 2 saturated carbocycles. The first kappa shape index (κ1) is 14.4. The highest BCUT2D eigenvalue weighted by atomic mass is 32.1. The fourth-order valence-electron chi connectivity index (χ4n) is 3.75. The quantitative estimate of drug-likeness (QED) is 0.780. The van der Waals surface area contributed by atoms with Crippen molar-refractivity contribution in [1.29, 1.82) is 0 Å². The Labute approximate surface area is 143 Å². The summed E-state index contributed by atoms with van der Waals surface area (Å²) in [6, 6.07) is 2.87. The molecule has 0 amide bonds. The van der Waals surface area contributed by atoms with Gasteiger partial charge in [-0.25, -0.2) is 9.97 Å². The van der Waals surface area contributed by atoms with Crippen LogP contribution in [0.2, 0.25) is 0 Å². The summed E-state index contributed by atoms with van der Waals surface area (Å²) in [4.78, 5) is 23.1. The van der Waals surface area contributed by atoms with Gasteiger partial charge in [-0.2, -0.15) is 0 Å². The first-order chi connectivity index (χ1) is 11.8. The highest BCUT2D eigenvalue weighted by molar-refractivity contribution is 7.25. The highest BCUT2D eigenvalue weighted by Crippen LogP contribution is 2.37. The largest absolute Gasteiger partial charge is 0.382 e. The summed E-state index contributed by atoms with van der Waals surface area (Å²) in [6.45, 7) is 0. The molecule has 2 aliphatic rings. The molecule has 24 heavy (non-hydrogen) atoms. The predicted molar refractivity (Wildman–Crippen MR) is 97.9 cm³/mol. The first-order valence-electron chi connectivity index (χ1n) is 8.86. The van der Waals surface area contributed by atoms with Crippen LogP contribution in [-0.4, -0.2) is 20.6 Å². The number of hydrogen-bond acceptors (Lipinski definition) is 5. The van der Waals surface area contributed by atoms with Crippen molar-refractivity contribution in [2.24, 2.45) is 0 Å². The van der Waals surface area contributed by atoms with Crippen LogP contribution < -0.4 is 10.9 Å². The summed E-state index contributed by atoms with van der Waals surface area (Å²) in [6.07, 6.45) is 11.9. The molecule has 6 heteroatoms. The third-order valence-corrected chi connectivity index (χ3v) is 6.29. The van der Waals surface area contributed by atoms with Gasteiger partial charge in [0.05, 0.1) is 17.2 Å². The lowest BCUT2D eigenvalue weighted by Crippen LogP contribution is -2.26. The van der Waals surface area contributed by atoms with Crippen molar-refractivity contribution in [2.45, 2.75) is 57.0 Å². The number of aromatic nitrogens is 3. The van der Waals surface area contributed by atoms with Gasteiger partial charge in [0.25, 0.3) is 5.56 Å². The van der Waals surface area contributed by atoms with Gasteiger partial charge in [0, 0.05) is 24.0 Å². The number of rotatable bonds is 3. The summed E-state index contributed by atoms with van der Waals surface area (Å²) in [5.74, 6) is 0. The molecule has 0 aliphatic heterocycles. The standard InChI is InChI=1S/C18H20N4OS/c23-18-16-15(20-10-22(18)12-4-2-1-3-5-12)14-13(21-11-6-7-11)8-9-19-17(14)24-16/h8-12H,1-7H2,(H,19,21). The fraction of sp³-hybridized carbons (Fsp3) is 0.500. The normalized spacial score (nSPS) is 19.2. The Morgan fingerprint density at radius 2 is 1.96 bits per heavy atom. The van der Waals surface area contributed by atoms with Crippen molar-refractivity contribution in [3.63, 3.8) is 0 Å². The van der Waals surface area contributed by atoms with Crippen LogP contribution in [0.4, 0.5) is 5.69 Å². The van der Waals surface area contributed by atoms with Crippen LogP contribution >= 0.6 is 11.3 Å². The van der Waals surface area contributed by atoms with Gasteiger partial charge in [0.15, 0.2) is 0 Å². The van der Waals surface area contributed by atoms with Crippen LogP contribution in [0.1, 0.15) is 51.0 Å². The van der Waals surface area contributed by atoms with E-state index in [1.807, 2.05) is 16.8 Å². The van der Waals surface area contributed by atoms with Crippen molar-refractivity contribution in [1.82, 2.24) is 14.5 Å². The molecular weight excluding hydrogens is 320 g/mol. The second kappa shape index (κ2) is 5.55. The third kappa shape index (κ3) is 2.32. The van der Waals surface area contributed by atoms with Gasteiger partial charge in [0.2, 0.25) is 0 Å². The Morgan fingerprint density at radius 1 is 1.12 bits per heavy atom. The molecule has 2 fully saturated rings. The van der Waals surface area contributed by atoms with E-state index in [2.05, 4.69) is 15.3 Å². The molecule has 1 N–H and O–H groups in total. The van der Waals surface area contributed by atoms with Gasteiger partial charge in [-0.1, -0.05) is 19.3 Å². The van der Waals surface area contributed by atoms with E-state index in [-0.39, 0.29) is 5.56 Å². The lowest BCUT2D eigenvalue weighted by Gasteiger charge is -2.23. The Kier molecular flexibility index (Phi) is 3.33. The SMILES string of the molecule is O=c1c2sc3nccc(NC4CC4)c3c2ncn1C1CCCCC1. The summed E-state index contributed by atoms with van der Waals surface area (Å²) >= 11 is 1.48. The molecule has 0 atom stereocenters. The molecule has 124 valence electrons. The number of nitrogens with one attached hydrogen (secondary N) is 1. The summed E-state index contributed by atoms with van der Waals surface area (Å²) in [5, 5.41) is 4.56. The number of nitrogens with zero attached hydrogens (tertiary/aromatic N) is 3. The maximum absolute atomic E-state index is 13.0. The lowest BCUT2D eigenvalue weighted by atomic mass is 9.95. The van der Waals surface area contributed by atoms with Gasteiger partial charge in [-0.15, -0.1) is 11.3 Å². The maximum atomic E-state index is 13.0. The van der Waals surface area contributed by atoms with Crippen LogP contribution in [-0.2, 0) is 0 Å². The zero-order valence-electron chi connectivity index (χ0n) is 13.5. The number of fused-ring (bicyclic) bond motifs is 3. The van der Waals surface area contributed by atoms with E-state index in [1.54, 1.807) is 6.33 Å². The molecule has 5 rings (SSSR count). The molecule has 0 spiro atoms. The maximum Gasteiger partial charge on any atom is 0.271 e. The lowest BCUT2D eigenvalue weighted by molar-refractivity contribution is 0.345. The molecule has 0 saturated heterocycles. The van der Waals surface area contributed by atoms with Crippen LogP contribution in [0.5, 0.6) is 0 Å². The Morgan fingerprint density at radius 3 is 2.75 bits per heavy atom. The monoisotopic (exact) mass is 340 g/mol. The smallest absolute Gasteiger partial charge is 0.271 e. The van der Waals surface area contributed by atoms with E-state index < -0.39 is 0 Å². The minimum atomic E-state index is 0.104.